The number of nitrogens with zero attached hydrogens (tertiary/aromatic N) is 2. The summed E-state index contributed by atoms with van der Waals surface area (Å²) in [7, 11) is 0. The molecule has 0 aliphatic carbocycles. The maximum absolute atomic E-state index is 12.8. The summed E-state index contributed by atoms with van der Waals surface area (Å²) in [5, 5.41) is 0.577. The third-order valence-corrected chi connectivity index (χ3v) is 3.05. The van der Waals surface area contributed by atoms with E-state index in [0.29, 0.717) is 17.5 Å². The van der Waals surface area contributed by atoms with Gasteiger partial charge in [-0.1, -0.05) is 17.7 Å². The van der Waals surface area contributed by atoms with Gasteiger partial charge < -0.3 is 4.74 Å². The monoisotopic (exact) mass is 276 g/mol. The SMILES string of the molecule is Fc1ccc(OCc2cnc3cccc(Cl)n23)cc1. The van der Waals surface area contributed by atoms with Gasteiger partial charge in [0.05, 0.1) is 11.9 Å². The average Bonchev–Trinajstić information content (AvgIpc) is 2.83. The molecule has 0 spiro atoms. The highest BCUT2D eigenvalue weighted by Crippen LogP contribution is 2.18. The lowest BCUT2D eigenvalue weighted by Crippen LogP contribution is -2.00. The zero-order valence-corrected chi connectivity index (χ0v) is 10.6. The molecular formula is C14H10ClFN2O. The standard InChI is InChI=1S/C14H10ClFN2O/c15-13-2-1-3-14-17-8-11(18(13)14)9-19-12-6-4-10(16)5-7-12/h1-8H,9H2. The molecule has 19 heavy (non-hydrogen) atoms. The summed E-state index contributed by atoms with van der Waals surface area (Å²) in [6.07, 6.45) is 1.71. The Kier molecular flexibility index (Phi) is 3.09. The minimum absolute atomic E-state index is 0.287. The van der Waals surface area contributed by atoms with Crippen molar-refractivity contribution in [2.24, 2.45) is 0 Å². The van der Waals surface area contributed by atoms with Crippen molar-refractivity contribution in [3.8, 4) is 5.75 Å². The first-order chi connectivity index (χ1) is 9.24. The quantitative estimate of drug-likeness (QED) is 0.682. The minimum Gasteiger partial charge on any atom is -0.487 e. The topological polar surface area (TPSA) is 26.5 Å². The molecule has 2 heterocycles. The number of pyridine rings is 1. The molecule has 3 nitrogen and oxygen atoms in total. The number of benzene rings is 1. The van der Waals surface area contributed by atoms with Gasteiger partial charge in [-0.2, -0.15) is 0 Å². The summed E-state index contributed by atoms with van der Waals surface area (Å²) in [5.41, 5.74) is 1.61. The number of aromatic nitrogens is 2. The van der Waals surface area contributed by atoms with Gasteiger partial charge in [0.2, 0.25) is 0 Å². The van der Waals surface area contributed by atoms with Crippen LogP contribution in [-0.2, 0) is 6.61 Å². The predicted octanol–water partition coefficient (Wildman–Crippen LogP) is 3.71. The van der Waals surface area contributed by atoms with Crippen LogP contribution in [0.4, 0.5) is 4.39 Å². The molecule has 3 aromatic rings. The highest BCUT2D eigenvalue weighted by Gasteiger charge is 2.06. The molecule has 5 heteroatoms. The first-order valence-corrected chi connectivity index (χ1v) is 6.11. The summed E-state index contributed by atoms with van der Waals surface area (Å²) < 4.78 is 20.2. The van der Waals surface area contributed by atoms with Crippen LogP contribution in [0.1, 0.15) is 5.69 Å². The molecule has 0 aliphatic rings. The van der Waals surface area contributed by atoms with Crippen LogP contribution in [0.15, 0.2) is 48.7 Å². The van der Waals surface area contributed by atoms with Gasteiger partial charge in [-0.15, -0.1) is 0 Å². The molecular weight excluding hydrogens is 267 g/mol. The molecule has 0 radical (unpaired) electrons. The van der Waals surface area contributed by atoms with Crippen molar-refractivity contribution in [3.05, 3.63) is 65.3 Å². The Morgan fingerprint density at radius 2 is 1.95 bits per heavy atom. The van der Waals surface area contributed by atoms with Gasteiger partial charge in [-0.05, 0) is 36.4 Å². The first kappa shape index (κ1) is 12.0. The molecule has 0 bridgehead atoms. The van der Waals surface area contributed by atoms with E-state index in [1.165, 1.54) is 12.1 Å². The van der Waals surface area contributed by atoms with E-state index in [1.54, 1.807) is 24.4 Å². The van der Waals surface area contributed by atoms with E-state index in [9.17, 15) is 4.39 Å². The fourth-order valence-electron chi connectivity index (χ4n) is 1.85. The molecule has 0 atom stereocenters. The van der Waals surface area contributed by atoms with Crippen molar-refractivity contribution >= 4 is 17.2 Å². The Morgan fingerprint density at radius 3 is 2.74 bits per heavy atom. The van der Waals surface area contributed by atoms with Crippen LogP contribution in [0.2, 0.25) is 5.15 Å². The highest BCUT2D eigenvalue weighted by atomic mass is 35.5. The van der Waals surface area contributed by atoms with Crippen molar-refractivity contribution < 1.29 is 9.13 Å². The summed E-state index contributed by atoms with van der Waals surface area (Å²) in [5.74, 6) is 0.314. The van der Waals surface area contributed by atoms with E-state index in [-0.39, 0.29) is 5.82 Å². The van der Waals surface area contributed by atoms with Gasteiger partial charge in [0.1, 0.15) is 29.0 Å². The molecule has 2 aromatic heterocycles. The fraction of sp³-hybridized carbons (Fsp3) is 0.0714. The summed E-state index contributed by atoms with van der Waals surface area (Å²) in [6, 6.07) is 11.4. The molecule has 0 N–H and O–H groups in total. The number of hydrogen-bond acceptors (Lipinski definition) is 2. The van der Waals surface area contributed by atoms with Crippen molar-refractivity contribution in [1.29, 1.82) is 0 Å². The molecule has 0 amide bonds. The first-order valence-electron chi connectivity index (χ1n) is 5.73. The maximum Gasteiger partial charge on any atom is 0.138 e. The lowest BCUT2D eigenvalue weighted by Gasteiger charge is -2.07. The number of rotatable bonds is 3. The van der Waals surface area contributed by atoms with Crippen LogP contribution >= 0.6 is 11.6 Å². The van der Waals surface area contributed by atoms with E-state index >= 15 is 0 Å². The smallest absolute Gasteiger partial charge is 0.138 e. The number of ether oxygens (including phenoxy) is 1. The zero-order valence-electron chi connectivity index (χ0n) is 9.88. The third-order valence-electron chi connectivity index (χ3n) is 2.76. The maximum atomic E-state index is 12.8. The average molecular weight is 277 g/mol. The van der Waals surface area contributed by atoms with Gasteiger partial charge in [0.15, 0.2) is 0 Å². The molecule has 0 aliphatic heterocycles. The molecule has 0 saturated carbocycles. The number of imidazole rings is 1. The summed E-state index contributed by atoms with van der Waals surface area (Å²) in [4.78, 5) is 4.24. The van der Waals surface area contributed by atoms with Crippen molar-refractivity contribution in [2.75, 3.05) is 0 Å². The van der Waals surface area contributed by atoms with Crippen LogP contribution in [0.3, 0.4) is 0 Å². The van der Waals surface area contributed by atoms with Crippen LogP contribution in [-0.4, -0.2) is 9.38 Å². The molecule has 1 aromatic carbocycles. The van der Waals surface area contributed by atoms with Crippen LogP contribution in [0.25, 0.3) is 5.65 Å². The van der Waals surface area contributed by atoms with Crippen LogP contribution in [0.5, 0.6) is 5.75 Å². The van der Waals surface area contributed by atoms with Gasteiger partial charge in [0.25, 0.3) is 0 Å². The van der Waals surface area contributed by atoms with Crippen molar-refractivity contribution in [1.82, 2.24) is 9.38 Å². The van der Waals surface area contributed by atoms with Crippen LogP contribution < -0.4 is 4.74 Å². The van der Waals surface area contributed by atoms with Gasteiger partial charge >= 0.3 is 0 Å². The second-order valence-corrected chi connectivity index (χ2v) is 4.42. The Balaban J connectivity index is 1.84. The second kappa shape index (κ2) is 4.90. The summed E-state index contributed by atoms with van der Waals surface area (Å²) in [6.45, 7) is 0.316. The minimum atomic E-state index is -0.287. The van der Waals surface area contributed by atoms with Crippen LogP contribution in [0, 0.1) is 5.82 Å². The van der Waals surface area contributed by atoms with Gasteiger partial charge in [-0.3, -0.25) is 4.40 Å². The normalized spacial score (nSPS) is 10.8. The Hall–Kier alpha value is -2.07. The van der Waals surface area contributed by atoms with Gasteiger partial charge in [0, 0.05) is 0 Å². The van der Waals surface area contributed by atoms with Gasteiger partial charge in [-0.25, -0.2) is 9.37 Å². The summed E-state index contributed by atoms with van der Waals surface area (Å²) >= 11 is 6.12. The Morgan fingerprint density at radius 1 is 1.16 bits per heavy atom. The molecule has 0 unspecified atom stereocenters. The Bertz CT molecular complexity index is 709. The second-order valence-electron chi connectivity index (χ2n) is 4.03. The fourth-order valence-corrected chi connectivity index (χ4v) is 2.11. The predicted molar refractivity (Wildman–Crippen MR) is 70.9 cm³/mol. The van der Waals surface area contributed by atoms with E-state index in [2.05, 4.69) is 4.98 Å². The number of halogens is 2. The zero-order chi connectivity index (χ0) is 13.2. The van der Waals surface area contributed by atoms with Crippen molar-refractivity contribution in [3.63, 3.8) is 0 Å². The Labute approximate surface area is 114 Å². The lowest BCUT2D eigenvalue weighted by atomic mass is 10.3. The van der Waals surface area contributed by atoms with E-state index in [4.69, 9.17) is 16.3 Å². The molecule has 3 rings (SSSR count). The lowest BCUT2D eigenvalue weighted by molar-refractivity contribution is 0.300. The number of fused-ring (bicyclic) bond motifs is 1. The van der Waals surface area contributed by atoms with E-state index < -0.39 is 0 Å². The largest absolute Gasteiger partial charge is 0.487 e. The third kappa shape index (κ3) is 2.39. The van der Waals surface area contributed by atoms with Crippen molar-refractivity contribution in [2.45, 2.75) is 6.61 Å². The molecule has 0 saturated heterocycles. The number of hydrogen-bond donors (Lipinski definition) is 0. The molecule has 96 valence electrons. The molecule has 0 fully saturated rings. The van der Waals surface area contributed by atoms with E-state index in [1.807, 2.05) is 16.5 Å². The van der Waals surface area contributed by atoms with E-state index in [0.717, 1.165) is 11.3 Å². The highest BCUT2D eigenvalue weighted by molar-refractivity contribution is 6.29.